The molecule has 1 N–H and O–H groups in total. The van der Waals surface area contributed by atoms with E-state index in [2.05, 4.69) is 6.07 Å². The summed E-state index contributed by atoms with van der Waals surface area (Å²) in [5, 5.41) is 18.0. The highest BCUT2D eigenvalue weighted by atomic mass is 32.2. The normalized spacial score (nSPS) is 16.4. The molecule has 0 spiro atoms. The van der Waals surface area contributed by atoms with Crippen molar-refractivity contribution in [1.29, 1.82) is 5.26 Å². The standard InChI is InChI=1S/C14H16N2O3S/c1-14(19-7-13(17)18)8-16(9-14)11-4-3-5-12(20-2)10(11)6-15/h3-5H,7-9H2,1-2H3,(H,17,18). The summed E-state index contributed by atoms with van der Waals surface area (Å²) in [6.45, 7) is 2.77. The number of nitriles is 1. The second kappa shape index (κ2) is 5.73. The van der Waals surface area contributed by atoms with Crippen molar-refractivity contribution in [2.45, 2.75) is 17.4 Å². The molecule has 20 heavy (non-hydrogen) atoms. The Morgan fingerprint density at radius 1 is 1.60 bits per heavy atom. The molecular formula is C14H16N2O3S. The van der Waals surface area contributed by atoms with Crippen LogP contribution in [0.2, 0.25) is 0 Å². The lowest BCUT2D eigenvalue weighted by Gasteiger charge is -2.48. The minimum Gasteiger partial charge on any atom is -0.480 e. The summed E-state index contributed by atoms with van der Waals surface area (Å²) >= 11 is 1.54. The van der Waals surface area contributed by atoms with Crippen molar-refractivity contribution in [2.24, 2.45) is 0 Å². The number of hydrogen-bond donors (Lipinski definition) is 1. The van der Waals surface area contributed by atoms with Gasteiger partial charge >= 0.3 is 5.97 Å². The van der Waals surface area contributed by atoms with Gasteiger partial charge in [0, 0.05) is 18.0 Å². The third kappa shape index (κ3) is 2.89. The topological polar surface area (TPSA) is 73.6 Å². The van der Waals surface area contributed by atoms with Crippen molar-refractivity contribution >= 4 is 23.4 Å². The van der Waals surface area contributed by atoms with E-state index in [1.165, 1.54) is 0 Å². The predicted octanol–water partition coefficient (Wildman–Crippen LogP) is 1.96. The van der Waals surface area contributed by atoms with Gasteiger partial charge in [-0.2, -0.15) is 5.26 Å². The molecule has 1 aromatic rings. The molecule has 1 aromatic carbocycles. The predicted molar refractivity (Wildman–Crippen MR) is 77.1 cm³/mol. The van der Waals surface area contributed by atoms with E-state index < -0.39 is 11.6 Å². The first-order chi connectivity index (χ1) is 9.49. The van der Waals surface area contributed by atoms with Gasteiger partial charge in [-0.3, -0.25) is 0 Å². The Bertz CT molecular complexity index is 562. The summed E-state index contributed by atoms with van der Waals surface area (Å²) < 4.78 is 5.38. The van der Waals surface area contributed by atoms with Gasteiger partial charge < -0.3 is 14.7 Å². The van der Waals surface area contributed by atoms with Gasteiger partial charge in [0.05, 0.1) is 11.3 Å². The number of benzene rings is 1. The number of rotatable bonds is 5. The summed E-state index contributed by atoms with van der Waals surface area (Å²) in [5.74, 6) is -0.966. The summed E-state index contributed by atoms with van der Waals surface area (Å²) in [5.41, 5.74) is 1.09. The average molecular weight is 292 g/mol. The van der Waals surface area contributed by atoms with E-state index in [-0.39, 0.29) is 6.61 Å². The Hall–Kier alpha value is -1.71. The van der Waals surface area contributed by atoms with Gasteiger partial charge in [0.15, 0.2) is 0 Å². The molecule has 5 nitrogen and oxygen atoms in total. The summed E-state index contributed by atoms with van der Waals surface area (Å²) in [6.07, 6.45) is 1.94. The Kier molecular flexibility index (Phi) is 4.21. The van der Waals surface area contributed by atoms with Crippen LogP contribution in [-0.2, 0) is 9.53 Å². The smallest absolute Gasteiger partial charge is 0.329 e. The molecule has 0 atom stereocenters. The van der Waals surface area contributed by atoms with Crippen molar-refractivity contribution in [1.82, 2.24) is 0 Å². The highest BCUT2D eigenvalue weighted by Gasteiger charge is 2.41. The minimum absolute atomic E-state index is 0.291. The quantitative estimate of drug-likeness (QED) is 0.836. The molecule has 106 valence electrons. The maximum Gasteiger partial charge on any atom is 0.329 e. The van der Waals surface area contributed by atoms with Crippen LogP contribution in [-0.4, -0.2) is 42.6 Å². The Morgan fingerprint density at radius 3 is 2.85 bits per heavy atom. The summed E-state index contributed by atoms with van der Waals surface area (Å²) in [7, 11) is 0. The number of carbonyl (C=O) groups is 1. The molecule has 1 fully saturated rings. The minimum atomic E-state index is -0.966. The van der Waals surface area contributed by atoms with Crippen molar-refractivity contribution in [3.05, 3.63) is 23.8 Å². The lowest BCUT2D eigenvalue weighted by Crippen LogP contribution is -2.62. The first-order valence-corrected chi connectivity index (χ1v) is 7.39. The number of ether oxygens (including phenoxy) is 1. The highest BCUT2D eigenvalue weighted by Crippen LogP contribution is 2.35. The highest BCUT2D eigenvalue weighted by molar-refractivity contribution is 7.98. The molecule has 1 heterocycles. The van der Waals surface area contributed by atoms with Crippen molar-refractivity contribution in [2.75, 3.05) is 30.9 Å². The number of hydrogen-bond acceptors (Lipinski definition) is 5. The van der Waals surface area contributed by atoms with Crippen LogP contribution in [0.4, 0.5) is 5.69 Å². The van der Waals surface area contributed by atoms with E-state index in [0.29, 0.717) is 18.7 Å². The molecule has 0 radical (unpaired) electrons. The van der Waals surface area contributed by atoms with Crippen LogP contribution in [0.1, 0.15) is 12.5 Å². The number of carboxylic acid groups (broad SMARTS) is 1. The third-order valence-electron chi connectivity index (χ3n) is 3.27. The maximum absolute atomic E-state index is 10.5. The Balaban J connectivity index is 2.10. The molecule has 0 saturated carbocycles. The van der Waals surface area contributed by atoms with Gasteiger partial charge in [0.1, 0.15) is 18.3 Å². The zero-order valence-electron chi connectivity index (χ0n) is 11.4. The first kappa shape index (κ1) is 14.7. The van der Waals surface area contributed by atoms with Gasteiger partial charge in [-0.15, -0.1) is 11.8 Å². The summed E-state index contributed by atoms with van der Waals surface area (Å²) in [4.78, 5) is 13.5. The molecule has 0 bridgehead atoms. The van der Waals surface area contributed by atoms with Crippen molar-refractivity contribution in [3.8, 4) is 6.07 Å². The van der Waals surface area contributed by atoms with Gasteiger partial charge in [-0.1, -0.05) is 6.07 Å². The third-order valence-corrected chi connectivity index (χ3v) is 4.05. The molecular weight excluding hydrogens is 276 g/mol. The van der Waals surface area contributed by atoms with Crippen LogP contribution < -0.4 is 4.90 Å². The van der Waals surface area contributed by atoms with Gasteiger partial charge in [-0.05, 0) is 25.3 Å². The lowest BCUT2D eigenvalue weighted by atomic mass is 9.94. The second-order valence-electron chi connectivity index (χ2n) is 4.95. The SMILES string of the molecule is CSc1cccc(N2CC(C)(OCC(=O)O)C2)c1C#N. The molecule has 6 heteroatoms. The van der Waals surface area contributed by atoms with E-state index in [4.69, 9.17) is 9.84 Å². The maximum atomic E-state index is 10.5. The van der Waals surface area contributed by atoms with E-state index in [1.807, 2.05) is 36.3 Å². The van der Waals surface area contributed by atoms with E-state index in [1.54, 1.807) is 11.8 Å². The summed E-state index contributed by atoms with van der Waals surface area (Å²) in [6, 6.07) is 8.01. The van der Waals surface area contributed by atoms with Gasteiger partial charge in [-0.25, -0.2) is 4.79 Å². The number of aliphatic carboxylic acids is 1. The average Bonchev–Trinajstić information content (AvgIpc) is 2.41. The first-order valence-electron chi connectivity index (χ1n) is 6.17. The van der Waals surface area contributed by atoms with Crippen LogP contribution >= 0.6 is 11.8 Å². The van der Waals surface area contributed by atoms with E-state index in [0.717, 1.165) is 10.6 Å². The van der Waals surface area contributed by atoms with Crippen LogP contribution in [0.15, 0.2) is 23.1 Å². The lowest BCUT2D eigenvalue weighted by molar-refractivity contribution is -0.150. The van der Waals surface area contributed by atoms with Crippen molar-refractivity contribution in [3.63, 3.8) is 0 Å². The molecule has 0 aliphatic carbocycles. The van der Waals surface area contributed by atoms with E-state index >= 15 is 0 Å². The molecule has 1 saturated heterocycles. The fraction of sp³-hybridized carbons (Fsp3) is 0.429. The number of carboxylic acids is 1. The zero-order valence-corrected chi connectivity index (χ0v) is 12.2. The molecule has 1 aliphatic rings. The van der Waals surface area contributed by atoms with Crippen LogP contribution in [0.5, 0.6) is 0 Å². The van der Waals surface area contributed by atoms with E-state index in [9.17, 15) is 10.1 Å². The molecule has 2 rings (SSSR count). The fourth-order valence-electron chi connectivity index (χ4n) is 2.32. The largest absolute Gasteiger partial charge is 0.480 e. The van der Waals surface area contributed by atoms with Crippen LogP contribution in [0, 0.1) is 11.3 Å². The van der Waals surface area contributed by atoms with Gasteiger partial charge in [0.25, 0.3) is 0 Å². The molecule has 1 aliphatic heterocycles. The monoisotopic (exact) mass is 292 g/mol. The molecule has 0 aromatic heterocycles. The zero-order chi connectivity index (χ0) is 14.8. The van der Waals surface area contributed by atoms with Crippen LogP contribution in [0.25, 0.3) is 0 Å². The Morgan fingerprint density at radius 2 is 2.30 bits per heavy atom. The fourth-order valence-corrected chi connectivity index (χ4v) is 2.89. The van der Waals surface area contributed by atoms with Crippen molar-refractivity contribution < 1.29 is 14.6 Å². The van der Waals surface area contributed by atoms with Gasteiger partial charge in [0.2, 0.25) is 0 Å². The second-order valence-corrected chi connectivity index (χ2v) is 5.80. The number of anilines is 1. The molecule has 0 unspecified atom stereocenters. The van der Waals surface area contributed by atoms with Crippen LogP contribution in [0.3, 0.4) is 0 Å². The number of nitrogens with zero attached hydrogens (tertiary/aromatic N) is 2. The molecule has 0 amide bonds. The number of thioether (sulfide) groups is 1. The Labute approximate surface area is 122 Å².